The first-order valence-electron chi connectivity index (χ1n) is 42.8. The van der Waals surface area contributed by atoms with Crippen LogP contribution in [0.5, 0.6) is 46.0 Å². The largest absolute Gasteiger partial charge is 0.489 e. The predicted molar refractivity (Wildman–Crippen MR) is 464 cm³/mol. The summed E-state index contributed by atoms with van der Waals surface area (Å²) in [5, 5.41) is 0. The van der Waals surface area contributed by atoms with Crippen molar-refractivity contribution in [1.29, 1.82) is 0 Å². The second-order valence-electron chi connectivity index (χ2n) is 42.0. The Hall–Kier alpha value is -7.84. The normalized spacial score (nSPS) is 16.6. The van der Waals surface area contributed by atoms with Gasteiger partial charge in [0.2, 0.25) is 0 Å². The average Bonchev–Trinajstić information content (AvgIpc) is 0.828. The molecule has 8 heteroatoms. The van der Waals surface area contributed by atoms with Crippen molar-refractivity contribution < 1.29 is 37.9 Å². The summed E-state index contributed by atoms with van der Waals surface area (Å²) in [6.45, 7) is 59.1. The van der Waals surface area contributed by atoms with Crippen LogP contribution in [0.25, 0.3) is 0 Å². The molecule has 24 bridgehead atoms. The van der Waals surface area contributed by atoms with Crippen LogP contribution in [0.15, 0.2) is 97.1 Å². The molecule has 0 amide bonds. The van der Waals surface area contributed by atoms with Gasteiger partial charge in [0.15, 0.2) is 0 Å². The number of hydrogen-bond acceptors (Lipinski definition) is 8. The molecule has 0 aromatic heterocycles. The van der Waals surface area contributed by atoms with E-state index in [4.69, 9.17) is 37.9 Å². The molecule has 600 valence electrons. The second kappa shape index (κ2) is 31.7. The Balaban J connectivity index is 1.20. The van der Waals surface area contributed by atoms with Gasteiger partial charge >= 0.3 is 0 Å². The molecule has 0 saturated carbocycles. The molecule has 0 radical (unpaired) electrons. The van der Waals surface area contributed by atoms with E-state index >= 15 is 0 Å². The first-order chi connectivity index (χ1) is 52.5. The van der Waals surface area contributed by atoms with Gasteiger partial charge in [0.25, 0.3) is 0 Å². The molecule has 13 rings (SSSR count). The SMILES string of the molecule is CC(C)(C)c1cc2c3c(c1)Cc1cc(C(C)(C)C)cc4c1OCCOc1c5cc(C(C)(C)C)cc1Cc1cc(C(C)(C)C)cc6c1OCCOc1c(cc(C(C)(C)C)cc1C4)Cc1cc(C(C)(C)C)cc(c1OCCOc1c(cc(C(C)(C)C)cc1C6)CCCCCc1cc(C(C)(C)C)cc(c1OCCO3)C5)CCCCC2. The standard InChI is InChI=1S/C104H136O8/c1-97(2,3)81-49-65-31-27-25-28-32-66-50-82(98(4,5)6)55-71-45-74-58-86(102(16,17)18)62-78-47-77-61-85(101(13,14)15)57-73-43-69(53-81)89(65)105-35-36-106-90-67-33-29-26-30-34-68-52-84(100(10,11)12)56-72(92(68)108-38-37-107-91(66)71)46-76-60-88(104(22,23)24)64-80(96(76)112-42-41-111-94(74)78)48-79-63-87(103(19,20)21)59-75(95(79)110-40-39-109-93(73)77)44-70(90)54-83(51-67)99(7,8)9/h49-64H,25-48H2,1-24H3. The Morgan fingerprint density at radius 1 is 0.152 bits per heavy atom. The molecule has 0 atom stereocenters. The van der Waals surface area contributed by atoms with Crippen LogP contribution in [0.2, 0.25) is 0 Å². The molecule has 0 unspecified atom stereocenters. The molecule has 8 aromatic rings. The fraction of sp³-hybridized carbons (Fsp3) is 0.538. The van der Waals surface area contributed by atoms with Crippen LogP contribution in [0.1, 0.15) is 338 Å². The number of ether oxygens (including phenoxy) is 8. The van der Waals surface area contributed by atoms with Crippen LogP contribution in [0.4, 0.5) is 0 Å². The van der Waals surface area contributed by atoms with Gasteiger partial charge in [0, 0.05) is 38.5 Å². The monoisotopic (exact) mass is 1510 g/mol. The fourth-order valence-corrected chi connectivity index (χ4v) is 17.3. The molecule has 8 aromatic carbocycles. The van der Waals surface area contributed by atoms with E-state index in [0.717, 1.165) is 177 Å². The van der Waals surface area contributed by atoms with Gasteiger partial charge in [-0.2, -0.15) is 0 Å². The van der Waals surface area contributed by atoms with E-state index < -0.39 is 0 Å². The van der Waals surface area contributed by atoms with Crippen molar-refractivity contribution in [2.75, 3.05) is 52.9 Å². The van der Waals surface area contributed by atoms with Crippen molar-refractivity contribution in [3.8, 4) is 46.0 Å². The van der Waals surface area contributed by atoms with Gasteiger partial charge in [-0.15, -0.1) is 0 Å². The van der Waals surface area contributed by atoms with Crippen molar-refractivity contribution in [1.82, 2.24) is 0 Å². The van der Waals surface area contributed by atoms with Crippen molar-refractivity contribution >= 4 is 0 Å². The highest BCUT2D eigenvalue weighted by atomic mass is 16.5. The summed E-state index contributed by atoms with van der Waals surface area (Å²) in [6, 6.07) is 39.4. The van der Waals surface area contributed by atoms with Crippen molar-refractivity contribution in [2.24, 2.45) is 0 Å². The lowest BCUT2D eigenvalue weighted by molar-refractivity contribution is 0.207. The molecule has 2 aliphatic carbocycles. The minimum Gasteiger partial charge on any atom is -0.489 e. The number of fused-ring (bicyclic) bond motifs is 6. The van der Waals surface area contributed by atoms with Crippen LogP contribution in [-0.2, 0) is 108 Å². The number of hydrogen-bond donors (Lipinski definition) is 0. The summed E-state index contributed by atoms with van der Waals surface area (Å²) in [7, 11) is 0. The predicted octanol–water partition coefficient (Wildman–Crippen LogP) is 24.9. The Labute approximate surface area is 675 Å². The Morgan fingerprint density at radius 3 is 0.375 bits per heavy atom. The third kappa shape index (κ3) is 18.7. The van der Waals surface area contributed by atoms with Crippen LogP contribution >= 0.6 is 0 Å². The van der Waals surface area contributed by atoms with Crippen molar-refractivity contribution in [2.45, 2.75) is 312 Å². The summed E-state index contributed by atoms with van der Waals surface area (Å²) in [6.07, 6.45) is 12.8. The van der Waals surface area contributed by atoms with E-state index in [1.54, 1.807) is 0 Å². The summed E-state index contributed by atoms with van der Waals surface area (Å²) < 4.78 is 61.7. The molecular formula is C104H136O8. The van der Waals surface area contributed by atoms with Gasteiger partial charge in [-0.05, 0) is 228 Å². The molecule has 8 nitrogen and oxygen atoms in total. The van der Waals surface area contributed by atoms with Crippen LogP contribution in [0.3, 0.4) is 0 Å². The van der Waals surface area contributed by atoms with Gasteiger partial charge in [-0.3, -0.25) is 0 Å². The lowest BCUT2D eigenvalue weighted by Gasteiger charge is -2.30. The highest BCUT2D eigenvalue weighted by Gasteiger charge is 2.34. The molecule has 3 heterocycles. The van der Waals surface area contributed by atoms with Gasteiger partial charge in [0.05, 0.1) is 0 Å². The summed E-state index contributed by atoms with van der Waals surface area (Å²) in [5.74, 6) is 7.34. The topological polar surface area (TPSA) is 73.8 Å². The van der Waals surface area contributed by atoms with E-state index in [0.29, 0.717) is 65.0 Å². The molecule has 0 spiro atoms. The zero-order valence-electron chi connectivity index (χ0n) is 73.5. The maximum atomic E-state index is 7.80. The highest BCUT2D eigenvalue weighted by molar-refractivity contribution is 5.62. The van der Waals surface area contributed by atoms with E-state index in [1.165, 1.54) is 66.8 Å². The first kappa shape index (κ1) is 82.2. The van der Waals surface area contributed by atoms with Gasteiger partial charge in [-0.25, -0.2) is 0 Å². The van der Waals surface area contributed by atoms with Gasteiger partial charge < -0.3 is 37.9 Å². The van der Waals surface area contributed by atoms with E-state index in [1.807, 2.05) is 0 Å². The highest BCUT2D eigenvalue weighted by Crippen LogP contribution is 2.48. The maximum absolute atomic E-state index is 7.80. The smallest absolute Gasteiger partial charge is 0.126 e. The minimum atomic E-state index is -0.240. The van der Waals surface area contributed by atoms with Crippen molar-refractivity contribution in [3.05, 3.63) is 231 Å². The molecule has 3 aliphatic heterocycles. The molecule has 5 aliphatic rings. The Morgan fingerprint density at radius 2 is 0.259 bits per heavy atom. The summed E-state index contributed by atoms with van der Waals surface area (Å²) in [5.41, 5.74) is 27.0. The van der Waals surface area contributed by atoms with Crippen LogP contribution < -0.4 is 37.9 Å². The summed E-state index contributed by atoms with van der Waals surface area (Å²) >= 11 is 0. The third-order valence-electron chi connectivity index (χ3n) is 24.2. The molecule has 0 fully saturated rings. The third-order valence-corrected chi connectivity index (χ3v) is 24.2. The van der Waals surface area contributed by atoms with E-state index in [2.05, 4.69) is 263 Å². The molecule has 0 N–H and O–H groups in total. The summed E-state index contributed by atoms with van der Waals surface area (Å²) in [4.78, 5) is 0. The average molecular weight is 1510 g/mol. The Kier molecular flexibility index (Phi) is 23.3. The molecule has 0 saturated heterocycles. The fourth-order valence-electron chi connectivity index (χ4n) is 17.3. The van der Waals surface area contributed by atoms with Crippen LogP contribution in [-0.4, -0.2) is 52.9 Å². The molecule has 112 heavy (non-hydrogen) atoms. The Bertz CT molecular complexity index is 4180. The van der Waals surface area contributed by atoms with E-state index in [9.17, 15) is 0 Å². The zero-order chi connectivity index (χ0) is 80.4. The lowest BCUT2D eigenvalue weighted by atomic mass is 9.80. The molecular weight excluding hydrogens is 1380 g/mol. The minimum absolute atomic E-state index is 0.165. The van der Waals surface area contributed by atoms with Gasteiger partial charge in [-0.1, -0.05) is 276 Å². The first-order valence-corrected chi connectivity index (χ1v) is 42.8. The number of rotatable bonds is 0. The second-order valence-corrected chi connectivity index (χ2v) is 42.0. The van der Waals surface area contributed by atoms with Crippen molar-refractivity contribution in [3.63, 3.8) is 0 Å². The zero-order valence-corrected chi connectivity index (χ0v) is 73.5. The van der Waals surface area contributed by atoms with Gasteiger partial charge in [0.1, 0.15) is 98.9 Å². The quantitative estimate of drug-likeness (QED) is 0.149. The maximum Gasteiger partial charge on any atom is 0.126 e. The van der Waals surface area contributed by atoms with E-state index in [-0.39, 0.29) is 69.7 Å². The lowest BCUT2D eigenvalue weighted by Crippen LogP contribution is -2.20. The van der Waals surface area contributed by atoms with Crippen LogP contribution in [0, 0.1) is 0 Å². The number of aryl methyl sites for hydroxylation is 4. The number of benzene rings is 8.